The van der Waals surface area contributed by atoms with Crippen molar-refractivity contribution in [2.24, 2.45) is 5.73 Å². The van der Waals surface area contributed by atoms with Crippen LogP contribution in [0, 0.1) is 0 Å². The van der Waals surface area contributed by atoms with Crippen molar-refractivity contribution in [3.8, 4) is 5.75 Å². The Balaban J connectivity index is 2.90. The van der Waals surface area contributed by atoms with E-state index in [0.29, 0.717) is 6.54 Å². The van der Waals surface area contributed by atoms with E-state index in [1.807, 2.05) is 6.92 Å². The topological polar surface area (TPSA) is 68.2 Å². The van der Waals surface area contributed by atoms with Crippen molar-refractivity contribution in [3.63, 3.8) is 0 Å². The van der Waals surface area contributed by atoms with Gasteiger partial charge in [-0.25, -0.2) is 0 Å². The molecule has 0 fully saturated rings. The highest BCUT2D eigenvalue weighted by Gasteiger charge is 1.98. The van der Waals surface area contributed by atoms with E-state index in [4.69, 9.17) is 10.8 Å². The van der Waals surface area contributed by atoms with Crippen LogP contribution >= 0.6 is 0 Å². The minimum Gasteiger partial charge on any atom is -0.503 e. The lowest BCUT2D eigenvalue weighted by molar-refractivity contribution is 0.457. The van der Waals surface area contributed by atoms with Crippen LogP contribution in [-0.4, -0.2) is 15.7 Å². The molecule has 0 spiro atoms. The van der Waals surface area contributed by atoms with Gasteiger partial charge in [0, 0.05) is 31.0 Å². The second kappa shape index (κ2) is 3.40. The molecule has 1 heterocycles. The van der Waals surface area contributed by atoms with Crippen molar-refractivity contribution in [3.05, 3.63) is 28.7 Å². The van der Waals surface area contributed by atoms with E-state index in [1.54, 1.807) is 10.8 Å². The molecule has 0 radical (unpaired) electrons. The summed E-state index contributed by atoms with van der Waals surface area (Å²) in [7, 11) is 0. The summed E-state index contributed by atoms with van der Waals surface area (Å²) in [6.07, 6.45) is 2.98. The molecule has 0 saturated heterocycles. The van der Waals surface area contributed by atoms with E-state index in [-0.39, 0.29) is 17.2 Å². The lowest BCUT2D eigenvalue weighted by Crippen LogP contribution is -2.22. The maximum atomic E-state index is 10.8. The molecule has 0 aromatic carbocycles. The van der Waals surface area contributed by atoms with Crippen LogP contribution in [0.5, 0.6) is 5.75 Å². The molecule has 0 aliphatic carbocycles. The third kappa shape index (κ3) is 2.10. The van der Waals surface area contributed by atoms with Crippen molar-refractivity contribution in [1.82, 2.24) is 4.57 Å². The molecule has 0 amide bonds. The molecule has 1 rings (SSSR count). The molecule has 66 valence electrons. The van der Waals surface area contributed by atoms with Gasteiger partial charge in [-0.05, 0) is 6.92 Å². The van der Waals surface area contributed by atoms with Gasteiger partial charge in [0.15, 0.2) is 5.75 Å². The zero-order valence-corrected chi connectivity index (χ0v) is 6.90. The van der Waals surface area contributed by atoms with E-state index >= 15 is 0 Å². The Hall–Kier alpha value is -1.29. The Bertz CT molecular complexity index is 317. The first kappa shape index (κ1) is 8.80. The largest absolute Gasteiger partial charge is 0.503 e. The van der Waals surface area contributed by atoms with Gasteiger partial charge in [0.1, 0.15) is 0 Å². The molecule has 1 unspecified atom stereocenters. The molecular weight excluding hydrogens is 156 g/mol. The fraction of sp³-hybridized carbons (Fsp3) is 0.375. The van der Waals surface area contributed by atoms with Crippen LogP contribution < -0.4 is 11.2 Å². The Kier molecular flexibility index (Phi) is 2.50. The molecule has 1 aromatic heterocycles. The van der Waals surface area contributed by atoms with E-state index in [1.165, 1.54) is 12.3 Å². The average molecular weight is 168 g/mol. The first-order valence-corrected chi connectivity index (χ1v) is 3.74. The number of rotatable bonds is 2. The summed E-state index contributed by atoms with van der Waals surface area (Å²) in [6.45, 7) is 2.45. The first-order valence-electron chi connectivity index (χ1n) is 3.74. The summed E-state index contributed by atoms with van der Waals surface area (Å²) in [5.41, 5.74) is 5.17. The number of aromatic nitrogens is 1. The van der Waals surface area contributed by atoms with Gasteiger partial charge in [-0.1, -0.05) is 0 Å². The number of nitrogens with zero attached hydrogens (tertiary/aromatic N) is 1. The number of pyridine rings is 1. The second-order valence-electron chi connectivity index (χ2n) is 2.87. The van der Waals surface area contributed by atoms with Gasteiger partial charge >= 0.3 is 0 Å². The summed E-state index contributed by atoms with van der Waals surface area (Å²) >= 11 is 0. The summed E-state index contributed by atoms with van der Waals surface area (Å²) in [6, 6.07) is 1.32. The van der Waals surface area contributed by atoms with Crippen molar-refractivity contribution < 1.29 is 5.11 Å². The summed E-state index contributed by atoms with van der Waals surface area (Å²) in [5.74, 6) is -0.238. The zero-order valence-electron chi connectivity index (χ0n) is 6.90. The van der Waals surface area contributed by atoms with Crippen molar-refractivity contribution >= 4 is 0 Å². The monoisotopic (exact) mass is 168 g/mol. The molecule has 12 heavy (non-hydrogen) atoms. The molecule has 0 saturated carbocycles. The smallest absolute Gasteiger partial charge is 0.223 e. The van der Waals surface area contributed by atoms with Crippen LogP contribution in [0.4, 0.5) is 0 Å². The van der Waals surface area contributed by atoms with E-state index in [2.05, 4.69) is 0 Å². The summed E-state index contributed by atoms with van der Waals surface area (Å²) < 4.78 is 1.68. The normalized spacial score (nSPS) is 12.8. The first-order chi connectivity index (χ1) is 5.59. The number of nitrogens with two attached hydrogens (primary N) is 1. The molecule has 3 N–H and O–H groups in total. The molecule has 0 bridgehead atoms. The summed E-state index contributed by atoms with van der Waals surface area (Å²) in [4.78, 5) is 10.8. The molecule has 1 atom stereocenters. The third-order valence-electron chi connectivity index (χ3n) is 1.46. The molecule has 4 nitrogen and oxygen atoms in total. The third-order valence-corrected chi connectivity index (χ3v) is 1.46. The van der Waals surface area contributed by atoms with E-state index < -0.39 is 0 Å². The summed E-state index contributed by atoms with van der Waals surface area (Å²) in [5, 5.41) is 9.04. The van der Waals surface area contributed by atoms with Gasteiger partial charge in [0.05, 0.1) is 0 Å². The standard InChI is InChI=1S/C8H12N2O2/c1-6(9)4-10-3-2-7(11)8(12)5-10/h2-3,5-6,12H,4,9H2,1H3. The van der Waals surface area contributed by atoms with Crippen LogP contribution in [0.1, 0.15) is 6.92 Å². The number of aromatic hydroxyl groups is 1. The van der Waals surface area contributed by atoms with Gasteiger partial charge in [-0.3, -0.25) is 4.79 Å². The number of hydrogen-bond acceptors (Lipinski definition) is 3. The highest BCUT2D eigenvalue weighted by Crippen LogP contribution is 1.98. The Morgan fingerprint density at radius 2 is 2.42 bits per heavy atom. The fourth-order valence-electron chi connectivity index (χ4n) is 0.959. The van der Waals surface area contributed by atoms with Crippen LogP contribution in [0.3, 0.4) is 0 Å². The Labute approximate surface area is 70.3 Å². The fourth-order valence-corrected chi connectivity index (χ4v) is 0.959. The van der Waals surface area contributed by atoms with Crippen LogP contribution in [0.2, 0.25) is 0 Å². The molecule has 0 aliphatic rings. The average Bonchev–Trinajstić information content (AvgIpc) is 1.96. The van der Waals surface area contributed by atoms with Crippen LogP contribution in [0.25, 0.3) is 0 Å². The van der Waals surface area contributed by atoms with Gasteiger partial charge in [0.25, 0.3) is 0 Å². The predicted octanol–water partition coefficient (Wildman–Crippen LogP) is -0.0989. The molecule has 0 aliphatic heterocycles. The predicted molar refractivity (Wildman–Crippen MR) is 46.0 cm³/mol. The zero-order chi connectivity index (χ0) is 9.14. The van der Waals surface area contributed by atoms with Gasteiger partial charge in [0.2, 0.25) is 5.43 Å². The van der Waals surface area contributed by atoms with Crippen molar-refractivity contribution in [2.75, 3.05) is 0 Å². The van der Waals surface area contributed by atoms with Gasteiger partial charge < -0.3 is 15.4 Å². The molecular formula is C8H12N2O2. The highest BCUT2D eigenvalue weighted by atomic mass is 16.3. The van der Waals surface area contributed by atoms with Gasteiger partial charge in [-0.15, -0.1) is 0 Å². The highest BCUT2D eigenvalue weighted by molar-refractivity contribution is 5.14. The van der Waals surface area contributed by atoms with E-state index in [0.717, 1.165) is 0 Å². The van der Waals surface area contributed by atoms with Crippen LogP contribution in [0.15, 0.2) is 23.3 Å². The Morgan fingerprint density at radius 1 is 1.75 bits per heavy atom. The maximum Gasteiger partial charge on any atom is 0.223 e. The SMILES string of the molecule is CC(N)Cn1ccc(=O)c(O)c1. The lowest BCUT2D eigenvalue weighted by atomic mass is 10.3. The maximum absolute atomic E-state index is 10.8. The lowest BCUT2D eigenvalue weighted by Gasteiger charge is -2.08. The van der Waals surface area contributed by atoms with Gasteiger partial charge in [-0.2, -0.15) is 0 Å². The van der Waals surface area contributed by atoms with Crippen molar-refractivity contribution in [2.45, 2.75) is 19.5 Å². The minimum absolute atomic E-state index is 0.00639. The van der Waals surface area contributed by atoms with Crippen LogP contribution in [-0.2, 0) is 6.54 Å². The molecule has 1 aromatic rings. The van der Waals surface area contributed by atoms with E-state index in [9.17, 15) is 4.79 Å². The number of hydrogen-bond donors (Lipinski definition) is 2. The minimum atomic E-state index is -0.365. The van der Waals surface area contributed by atoms with Crippen molar-refractivity contribution in [1.29, 1.82) is 0 Å². The molecule has 4 heteroatoms. The quantitative estimate of drug-likeness (QED) is 0.648. The second-order valence-corrected chi connectivity index (χ2v) is 2.87. The Morgan fingerprint density at radius 3 is 2.92 bits per heavy atom.